The second kappa shape index (κ2) is 5.85. The van der Waals surface area contributed by atoms with Crippen LogP contribution >= 0.6 is 0 Å². The minimum absolute atomic E-state index is 0.109. The van der Waals surface area contributed by atoms with Gasteiger partial charge in [-0.3, -0.25) is 0 Å². The fraction of sp³-hybridized carbons (Fsp3) is 0.625. The van der Waals surface area contributed by atoms with Crippen LogP contribution in [0.5, 0.6) is 0 Å². The lowest BCUT2D eigenvalue weighted by molar-refractivity contribution is -0.118. The summed E-state index contributed by atoms with van der Waals surface area (Å²) < 4.78 is 52.0. The van der Waals surface area contributed by atoms with Crippen molar-refractivity contribution in [3.05, 3.63) is 18.6 Å². The van der Waals surface area contributed by atoms with Crippen LogP contribution in [-0.2, 0) is 10.0 Å². The average molecular weight is 385 g/mol. The highest BCUT2D eigenvalue weighted by Crippen LogP contribution is 2.45. The molecule has 7 nitrogen and oxygen atoms in total. The largest absolute Gasteiger partial charge is 0.356 e. The number of fused-ring (bicyclic) bond motifs is 1. The number of H-pyrrole nitrogens is 1. The lowest BCUT2D eigenvalue weighted by atomic mass is 9.81. The molecule has 2 saturated carbocycles. The van der Waals surface area contributed by atoms with Crippen LogP contribution in [0.3, 0.4) is 0 Å². The van der Waals surface area contributed by atoms with E-state index in [1.165, 1.54) is 10.6 Å². The molecule has 1 N–H and O–H groups in total. The van der Waals surface area contributed by atoms with Gasteiger partial charge in [-0.05, 0) is 18.9 Å². The summed E-state index contributed by atoms with van der Waals surface area (Å²) in [7, 11) is -1.61. The number of nitrogens with one attached hydrogen (secondary N) is 1. The highest BCUT2D eigenvalue weighted by molar-refractivity contribution is 7.88. The lowest BCUT2D eigenvalue weighted by Crippen LogP contribution is -2.62. The summed E-state index contributed by atoms with van der Waals surface area (Å²) in [6.45, 7) is 0. The molecule has 0 aliphatic heterocycles. The van der Waals surface area contributed by atoms with Gasteiger partial charge in [0.15, 0.2) is 0 Å². The van der Waals surface area contributed by atoms with Crippen molar-refractivity contribution in [1.29, 1.82) is 0 Å². The Balaban J connectivity index is 1.47. The second-order valence-corrected chi connectivity index (χ2v) is 9.23. The van der Waals surface area contributed by atoms with Crippen LogP contribution in [-0.4, -0.2) is 65.0 Å². The van der Waals surface area contributed by atoms with Crippen LogP contribution in [0, 0.1) is 0 Å². The molecule has 26 heavy (non-hydrogen) atoms. The van der Waals surface area contributed by atoms with E-state index in [0.717, 1.165) is 23.1 Å². The van der Waals surface area contributed by atoms with Gasteiger partial charge in [-0.25, -0.2) is 27.2 Å². The monoisotopic (exact) mass is 385 g/mol. The number of rotatable bonds is 5. The number of hydrogen-bond acceptors (Lipinski definition) is 5. The van der Waals surface area contributed by atoms with Crippen molar-refractivity contribution in [3.63, 3.8) is 0 Å². The Morgan fingerprint density at radius 1 is 1.19 bits per heavy atom. The van der Waals surface area contributed by atoms with Gasteiger partial charge in [-0.1, -0.05) is 0 Å². The Bertz CT molecular complexity index is 918. The molecular formula is C16H21F2N5O2S. The molecule has 142 valence electrons. The number of sulfonamides is 1. The van der Waals surface area contributed by atoms with Crippen LogP contribution in [0.15, 0.2) is 18.6 Å². The van der Waals surface area contributed by atoms with Crippen molar-refractivity contribution in [2.24, 2.45) is 0 Å². The minimum atomic E-state index is -3.52. The van der Waals surface area contributed by atoms with E-state index in [-0.39, 0.29) is 24.9 Å². The fourth-order valence-electron chi connectivity index (χ4n) is 4.05. The van der Waals surface area contributed by atoms with Gasteiger partial charge < -0.3 is 9.88 Å². The molecule has 2 heterocycles. The number of nitrogens with zero attached hydrogens (tertiary/aromatic N) is 4. The van der Waals surface area contributed by atoms with Crippen LogP contribution in [0.25, 0.3) is 11.0 Å². The number of hydrogen-bond donors (Lipinski definition) is 1. The van der Waals surface area contributed by atoms with E-state index >= 15 is 0 Å². The highest BCUT2D eigenvalue weighted by atomic mass is 32.2. The van der Waals surface area contributed by atoms with E-state index in [2.05, 4.69) is 15.0 Å². The summed E-state index contributed by atoms with van der Waals surface area (Å²) in [6.07, 6.45) is 4.82. The molecule has 0 bridgehead atoms. The first-order valence-corrected chi connectivity index (χ1v) is 10.4. The molecule has 2 aliphatic carbocycles. The molecule has 0 saturated heterocycles. The fourth-order valence-corrected chi connectivity index (χ4v) is 5.45. The van der Waals surface area contributed by atoms with E-state index in [1.54, 1.807) is 6.20 Å². The number of anilines is 1. The Kier molecular flexibility index (Phi) is 3.96. The number of alkyl halides is 2. The Morgan fingerprint density at radius 3 is 2.50 bits per heavy atom. The van der Waals surface area contributed by atoms with Gasteiger partial charge in [0.1, 0.15) is 17.8 Å². The normalized spacial score (nSPS) is 25.9. The van der Waals surface area contributed by atoms with Gasteiger partial charge in [-0.15, -0.1) is 0 Å². The lowest BCUT2D eigenvalue weighted by Gasteiger charge is -2.51. The third-order valence-electron chi connectivity index (χ3n) is 5.47. The zero-order valence-electron chi connectivity index (χ0n) is 14.6. The van der Waals surface area contributed by atoms with Crippen LogP contribution in [0.2, 0.25) is 0 Å². The molecule has 0 atom stereocenters. The maximum Gasteiger partial charge on any atom is 0.251 e. The van der Waals surface area contributed by atoms with E-state index in [0.29, 0.717) is 12.8 Å². The minimum Gasteiger partial charge on any atom is -0.356 e. The van der Waals surface area contributed by atoms with E-state index in [1.807, 2.05) is 18.0 Å². The molecule has 2 aromatic rings. The third-order valence-corrected chi connectivity index (χ3v) is 6.84. The third kappa shape index (κ3) is 2.94. The molecule has 0 radical (unpaired) electrons. The zero-order valence-corrected chi connectivity index (χ0v) is 15.4. The first kappa shape index (κ1) is 17.6. The van der Waals surface area contributed by atoms with Crippen molar-refractivity contribution in [2.45, 2.75) is 49.7 Å². The summed E-state index contributed by atoms with van der Waals surface area (Å²) in [5, 5.41) is 0.900. The van der Waals surface area contributed by atoms with Crippen molar-refractivity contribution in [2.75, 3.05) is 18.2 Å². The summed E-state index contributed by atoms with van der Waals surface area (Å²) in [5.74, 6) is -1.96. The van der Waals surface area contributed by atoms with Gasteiger partial charge in [0, 0.05) is 44.2 Å². The molecule has 2 aromatic heterocycles. The van der Waals surface area contributed by atoms with Gasteiger partial charge in [-0.2, -0.15) is 4.31 Å². The quantitative estimate of drug-likeness (QED) is 0.851. The predicted molar refractivity (Wildman–Crippen MR) is 93.8 cm³/mol. The molecule has 0 unspecified atom stereocenters. The van der Waals surface area contributed by atoms with Crippen LogP contribution < -0.4 is 4.90 Å². The first-order valence-electron chi connectivity index (χ1n) is 8.53. The summed E-state index contributed by atoms with van der Waals surface area (Å²) in [5.41, 5.74) is 0.743. The van der Waals surface area contributed by atoms with Gasteiger partial charge in [0.25, 0.3) is 5.92 Å². The van der Waals surface area contributed by atoms with Crippen molar-refractivity contribution in [3.8, 4) is 0 Å². The smallest absolute Gasteiger partial charge is 0.251 e. The van der Waals surface area contributed by atoms with Crippen molar-refractivity contribution in [1.82, 2.24) is 19.3 Å². The zero-order chi connectivity index (χ0) is 18.7. The Morgan fingerprint density at radius 2 is 1.88 bits per heavy atom. The van der Waals surface area contributed by atoms with E-state index in [4.69, 9.17) is 0 Å². The molecule has 10 heteroatoms. The van der Waals surface area contributed by atoms with Gasteiger partial charge in [0.2, 0.25) is 10.0 Å². The number of aromatic amines is 1. The number of aromatic nitrogens is 3. The van der Waals surface area contributed by atoms with Crippen molar-refractivity contribution >= 4 is 26.9 Å². The molecule has 0 spiro atoms. The molecule has 4 rings (SSSR count). The maximum absolute atomic E-state index is 13.2. The van der Waals surface area contributed by atoms with Crippen LogP contribution in [0.4, 0.5) is 14.6 Å². The Hall–Kier alpha value is -1.81. The summed E-state index contributed by atoms with van der Waals surface area (Å²) in [6, 6.07) is 1.18. The van der Waals surface area contributed by atoms with Gasteiger partial charge >= 0.3 is 0 Å². The average Bonchev–Trinajstić information content (AvgIpc) is 2.94. The molecule has 0 aromatic carbocycles. The van der Waals surface area contributed by atoms with Crippen molar-refractivity contribution < 1.29 is 17.2 Å². The topological polar surface area (TPSA) is 82.2 Å². The standard InChI is InChI=1S/C16H21F2N5O2S/c1-22(15-13-3-4-19-14(13)20-9-21-15)10-5-11(6-10)23(26(2,24)25)12-7-16(17,18)8-12/h3-4,9-12H,5-8H2,1-2H3,(H,19,20,21). The summed E-state index contributed by atoms with van der Waals surface area (Å²) >= 11 is 0. The van der Waals surface area contributed by atoms with E-state index in [9.17, 15) is 17.2 Å². The van der Waals surface area contributed by atoms with Gasteiger partial charge in [0.05, 0.1) is 11.6 Å². The summed E-state index contributed by atoms with van der Waals surface area (Å²) in [4.78, 5) is 13.6. The second-order valence-electron chi connectivity index (χ2n) is 7.34. The van der Waals surface area contributed by atoms with Crippen LogP contribution in [0.1, 0.15) is 25.7 Å². The predicted octanol–water partition coefficient (Wildman–Crippen LogP) is 1.98. The number of halogens is 2. The first-order chi connectivity index (χ1) is 12.2. The molecule has 2 aliphatic rings. The molecule has 0 amide bonds. The SMILES string of the molecule is CN(c1ncnc2[nH]ccc12)C1CC(N(C2CC(F)(F)C2)S(C)(=O)=O)C1. The molecule has 2 fully saturated rings. The maximum atomic E-state index is 13.2. The van der Waals surface area contributed by atoms with E-state index < -0.39 is 22.0 Å². The molecular weight excluding hydrogens is 364 g/mol. The Labute approximate surface area is 150 Å². The highest BCUT2D eigenvalue weighted by Gasteiger charge is 2.53.